The Kier molecular flexibility index (Phi) is 4.68. The lowest BCUT2D eigenvalue weighted by atomic mass is 9.82. The Labute approximate surface area is 158 Å². The third-order valence-corrected chi connectivity index (χ3v) is 5.78. The second kappa shape index (κ2) is 7.13. The number of likely N-dealkylation sites (tertiary alicyclic amines) is 1. The molecule has 2 N–H and O–H groups in total. The number of H-pyrrole nitrogens is 1. The molecule has 3 heterocycles. The number of aromatic nitrogens is 3. The first-order chi connectivity index (χ1) is 13.0. The fraction of sp³-hybridized carbons (Fsp3) is 0.500. The summed E-state index contributed by atoms with van der Waals surface area (Å²) in [6.07, 6.45) is 3.41. The van der Waals surface area contributed by atoms with Gasteiger partial charge in [-0.2, -0.15) is 5.10 Å². The fourth-order valence-electron chi connectivity index (χ4n) is 4.23. The van der Waals surface area contributed by atoms with E-state index in [0.717, 1.165) is 30.7 Å². The van der Waals surface area contributed by atoms with Gasteiger partial charge in [0.1, 0.15) is 5.82 Å². The number of hydrogen-bond donors (Lipinski definition) is 2. The Balaban J connectivity index is 1.32. The van der Waals surface area contributed by atoms with E-state index in [9.17, 15) is 9.59 Å². The fourth-order valence-corrected chi connectivity index (χ4v) is 4.23. The van der Waals surface area contributed by atoms with Crippen LogP contribution < -0.4 is 5.32 Å². The van der Waals surface area contributed by atoms with Crippen LogP contribution in [0.5, 0.6) is 0 Å². The number of aryl methyl sites for hydroxylation is 2. The number of piperidine rings is 1. The summed E-state index contributed by atoms with van der Waals surface area (Å²) in [5, 5.41) is 10.1. The van der Waals surface area contributed by atoms with Crippen LogP contribution in [0.1, 0.15) is 48.8 Å². The third kappa shape index (κ3) is 3.72. The van der Waals surface area contributed by atoms with Crippen LogP contribution in [0.25, 0.3) is 0 Å². The van der Waals surface area contributed by atoms with Gasteiger partial charge in [0.25, 0.3) is 0 Å². The maximum Gasteiger partial charge on any atom is 0.228 e. The molecule has 0 unspecified atom stereocenters. The van der Waals surface area contributed by atoms with Crippen LogP contribution in [0.15, 0.2) is 30.3 Å². The molecule has 2 amide bonds. The van der Waals surface area contributed by atoms with Crippen LogP contribution >= 0.6 is 0 Å². The lowest BCUT2D eigenvalue weighted by Crippen LogP contribution is -2.52. The number of carbonyl (C=O) groups excluding carboxylic acids is 2. The molecule has 0 saturated carbocycles. The van der Waals surface area contributed by atoms with E-state index in [0.29, 0.717) is 31.8 Å². The van der Waals surface area contributed by atoms with Gasteiger partial charge in [0.2, 0.25) is 11.8 Å². The van der Waals surface area contributed by atoms with E-state index in [1.54, 1.807) is 0 Å². The zero-order valence-corrected chi connectivity index (χ0v) is 15.6. The first kappa shape index (κ1) is 17.7. The number of nitrogens with zero attached hydrogens (tertiary/aromatic N) is 3. The average Bonchev–Trinajstić information content (AvgIpc) is 3.24. The van der Waals surface area contributed by atoms with Gasteiger partial charge in [0.05, 0.1) is 5.92 Å². The summed E-state index contributed by atoms with van der Waals surface area (Å²) < 4.78 is 0. The van der Waals surface area contributed by atoms with Crippen LogP contribution in [-0.4, -0.2) is 50.5 Å². The van der Waals surface area contributed by atoms with Crippen LogP contribution in [0.2, 0.25) is 0 Å². The van der Waals surface area contributed by atoms with Gasteiger partial charge in [0, 0.05) is 31.5 Å². The molecule has 142 valence electrons. The largest absolute Gasteiger partial charge is 0.350 e. The van der Waals surface area contributed by atoms with Gasteiger partial charge in [0.15, 0.2) is 5.82 Å². The van der Waals surface area contributed by atoms with Gasteiger partial charge in [-0.1, -0.05) is 30.3 Å². The average molecular weight is 367 g/mol. The highest BCUT2D eigenvalue weighted by atomic mass is 16.2. The van der Waals surface area contributed by atoms with Crippen molar-refractivity contribution in [1.29, 1.82) is 0 Å². The molecule has 0 aliphatic carbocycles. The minimum Gasteiger partial charge on any atom is -0.350 e. The minimum atomic E-state index is -0.171. The summed E-state index contributed by atoms with van der Waals surface area (Å²) in [6.45, 7) is 3.22. The quantitative estimate of drug-likeness (QED) is 0.861. The predicted molar refractivity (Wildman–Crippen MR) is 99.9 cm³/mol. The van der Waals surface area contributed by atoms with Crippen molar-refractivity contribution in [3.05, 3.63) is 47.5 Å². The van der Waals surface area contributed by atoms with Gasteiger partial charge < -0.3 is 10.2 Å². The molecule has 2 fully saturated rings. The Morgan fingerprint density at radius 1 is 1.26 bits per heavy atom. The molecule has 1 aromatic carbocycles. The number of aromatic amines is 1. The highest BCUT2D eigenvalue weighted by Crippen LogP contribution is 2.39. The molecule has 7 nitrogen and oxygen atoms in total. The van der Waals surface area contributed by atoms with Gasteiger partial charge in [-0.05, 0) is 31.7 Å². The topological polar surface area (TPSA) is 91.0 Å². The molecule has 1 atom stereocenters. The number of rotatable bonds is 4. The zero-order chi connectivity index (χ0) is 18.9. The second-order valence-electron chi connectivity index (χ2n) is 7.65. The molecule has 2 aliphatic heterocycles. The Morgan fingerprint density at radius 3 is 2.67 bits per heavy atom. The van der Waals surface area contributed by atoms with E-state index in [1.807, 2.05) is 42.2 Å². The molecule has 0 bridgehead atoms. The van der Waals surface area contributed by atoms with E-state index in [4.69, 9.17) is 0 Å². The van der Waals surface area contributed by atoms with E-state index in [-0.39, 0.29) is 23.3 Å². The Bertz CT molecular complexity index is 824. The SMILES string of the molecule is Cc1nc(CCC(=O)N2CCC3(CC2)C[C@@H](c2ccccc2)C(=O)N3)n[nH]1. The van der Waals surface area contributed by atoms with E-state index >= 15 is 0 Å². The Morgan fingerprint density at radius 2 is 2.00 bits per heavy atom. The van der Waals surface area contributed by atoms with Gasteiger partial charge in [-0.15, -0.1) is 0 Å². The molecular weight excluding hydrogens is 342 g/mol. The Hall–Kier alpha value is -2.70. The zero-order valence-electron chi connectivity index (χ0n) is 15.6. The summed E-state index contributed by atoms with van der Waals surface area (Å²) in [5.41, 5.74) is 0.905. The van der Waals surface area contributed by atoms with Crippen molar-refractivity contribution >= 4 is 11.8 Å². The molecule has 1 spiro atoms. The number of hydrogen-bond acceptors (Lipinski definition) is 4. The van der Waals surface area contributed by atoms with Crippen LogP contribution in [-0.2, 0) is 16.0 Å². The molecule has 1 aromatic heterocycles. The molecule has 2 aliphatic rings. The molecule has 7 heteroatoms. The highest BCUT2D eigenvalue weighted by Gasteiger charge is 2.46. The van der Waals surface area contributed by atoms with Crippen molar-refractivity contribution in [1.82, 2.24) is 25.4 Å². The maximum atomic E-state index is 12.5. The molecular formula is C20H25N5O2. The molecule has 2 aromatic rings. The van der Waals surface area contributed by atoms with Crippen molar-refractivity contribution in [3.63, 3.8) is 0 Å². The standard InChI is InChI=1S/C20H25N5O2/c1-14-21-17(24-23-14)7-8-18(26)25-11-9-20(10-12-25)13-16(19(27)22-20)15-5-3-2-4-6-15/h2-6,16H,7-13H2,1H3,(H,22,27)(H,21,23,24)/t16-/m0/s1. The van der Waals surface area contributed by atoms with Crippen molar-refractivity contribution < 1.29 is 9.59 Å². The predicted octanol–water partition coefficient (Wildman–Crippen LogP) is 1.71. The van der Waals surface area contributed by atoms with E-state index in [1.165, 1.54) is 0 Å². The second-order valence-corrected chi connectivity index (χ2v) is 7.65. The number of benzene rings is 1. The van der Waals surface area contributed by atoms with Crippen molar-refractivity contribution in [2.45, 2.75) is 50.5 Å². The van der Waals surface area contributed by atoms with Crippen molar-refractivity contribution in [2.75, 3.05) is 13.1 Å². The summed E-state index contributed by atoms with van der Waals surface area (Å²) in [6, 6.07) is 9.96. The smallest absolute Gasteiger partial charge is 0.228 e. The van der Waals surface area contributed by atoms with E-state index < -0.39 is 0 Å². The summed E-state index contributed by atoms with van der Waals surface area (Å²) in [5.74, 6) is 1.62. The summed E-state index contributed by atoms with van der Waals surface area (Å²) >= 11 is 0. The first-order valence-electron chi connectivity index (χ1n) is 9.57. The van der Waals surface area contributed by atoms with Crippen LogP contribution in [0, 0.1) is 6.92 Å². The maximum absolute atomic E-state index is 12.5. The molecule has 0 radical (unpaired) electrons. The number of carbonyl (C=O) groups is 2. The molecule has 27 heavy (non-hydrogen) atoms. The first-order valence-corrected chi connectivity index (χ1v) is 9.57. The third-order valence-electron chi connectivity index (χ3n) is 5.78. The highest BCUT2D eigenvalue weighted by molar-refractivity contribution is 5.87. The number of amides is 2. The number of nitrogens with one attached hydrogen (secondary N) is 2. The monoisotopic (exact) mass is 367 g/mol. The molecule has 4 rings (SSSR count). The van der Waals surface area contributed by atoms with Crippen LogP contribution in [0.4, 0.5) is 0 Å². The summed E-state index contributed by atoms with van der Waals surface area (Å²) in [4.78, 5) is 31.2. The van der Waals surface area contributed by atoms with Crippen molar-refractivity contribution in [3.8, 4) is 0 Å². The summed E-state index contributed by atoms with van der Waals surface area (Å²) in [7, 11) is 0. The lowest BCUT2D eigenvalue weighted by molar-refractivity contribution is -0.132. The van der Waals surface area contributed by atoms with Crippen LogP contribution in [0.3, 0.4) is 0 Å². The van der Waals surface area contributed by atoms with Gasteiger partial charge in [-0.3, -0.25) is 14.7 Å². The van der Waals surface area contributed by atoms with Crippen molar-refractivity contribution in [2.24, 2.45) is 0 Å². The minimum absolute atomic E-state index is 0.0811. The lowest BCUT2D eigenvalue weighted by Gasteiger charge is -2.39. The van der Waals surface area contributed by atoms with E-state index in [2.05, 4.69) is 20.5 Å². The normalized spacial score (nSPS) is 21.4. The van der Waals surface area contributed by atoms with Gasteiger partial charge >= 0.3 is 0 Å². The van der Waals surface area contributed by atoms with Gasteiger partial charge in [-0.25, -0.2) is 4.98 Å². The molecule has 2 saturated heterocycles.